The lowest BCUT2D eigenvalue weighted by atomic mass is 10.0. The normalized spacial score (nSPS) is 11.8. The van der Waals surface area contributed by atoms with Crippen LogP contribution in [-0.4, -0.2) is 26.4 Å². The highest BCUT2D eigenvalue weighted by Crippen LogP contribution is 2.29. The van der Waals surface area contributed by atoms with Crippen LogP contribution in [0.25, 0.3) is 17.2 Å². The number of nitrogens with zero attached hydrogens (tertiary/aromatic N) is 2. The topological polar surface area (TPSA) is 67.2 Å². The molecule has 1 aromatic heterocycles. The van der Waals surface area contributed by atoms with Gasteiger partial charge < -0.3 is 10.4 Å². The molecule has 0 radical (unpaired) electrons. The van der Waals surface area contributed by atoms with Gasteiger partial charge >= 0.3 is 0 Å². The van der Waals surface area contributed by atoms with E-state index in [2.05, 4.69) is 10.4 Å². The van der Waals surface area contributed by atoms with E-state index < -0.39 is 17.5 Å². The molecule has 6 heteroatoms. The van der Waals surface area contributed by atoms with E-state index in [0.717, 1.165) is 21.4 Å². The van der Waals surface area contributed by atoms with Crippen molar-refractivity contribution in [1.82, 2.24) is 9.78 Å². The summed E-state index contributed by atoms with van der Waals surface area (Å²) < 4.78 is 15.3. The van der Waals surface area contributed by atoms with Crippen LogP contribution in [0.5, 0.6) is 0 Å². The van der Waals surface area contributed by atoms with Gasteiger partial charge in [0.15, 0.2) is 0 Å². The van der Waals surface area contributed by atoms with Crippen LogP contribution in [0.2, 0.25) is 0 Å². The van der Waals surface area contributed by atoms with E-state index in [9.17, 15) is 14.3 Å². The van der Waals surface area contributed by atoms with Crippen LogP contribution >= 0.6 is 0 Å². The Balaban J connectivity index is 1.87. The number of para-hydroxylation sites is 1. The number of hydrogen-bond acceptors (Lipinski definition) is 3. The number of halogens is 1. The van der Waals surface area contributed by atoms with Crippen molar-refractivity contribution in [2.45, 2.75) is 26.4 Å². The molecule has 0 aliphatic rings. The first-order chi connectivity index (χ1) is 13.7. The zero-order chi connectivity index (χ0) is 21.2. The lowest BCUT2D eigenvalue weighted by Crippen LogP contribution is -2.15. The SMILES string of the molecule is Cc1nn(C)c(F)c1C(=O)Nc1ccccc1-c1ccc(C=CC(C)(C)O)cc1. The summed E-state index contributed by atoms with van der Waals surface area (Å²) in [6, 6.07) is 15.1. The molecule has 1 amide bonds. The Bertz CT molecular complexity index is 1060. The number of aryl methyl sites for hydroxylation is 2. The van der Waals surface area contributed by atoms with E-state index in [4.69, 9.17) is 0 Å². The molecule has 3 rings (SSSR count). The third kappa shape index (κ3) is 4.78. The Morgan fingerprint density at radius 3 is 2.41 bits per heavy atom. The second-order valence-electron chi connectivity index (χ2n) is 7.48. The lowest BCUT2D eigenvalue weighted by Gasteiger charge is -2.12. The number of hydrogen-bond donors (Lipinski definition) is 2. The van der Waals surface area contributed by atoms with Crippen molar-refractivity contribution in [1.29, 1.82) is 0 Å². The van der Waals surface area contributed by atoms with E-state index >= 15 is 0 Å². The summed E-state index contributed by atoms with van der Waals surface area (Å²) in [6.07, 6.45) is 3.58. The molecule has 0 aliphatic carbocycles. The Labute approximate surface area is 169 Å². The summed E-state index contributed by atoms with van der Waals surface area (Å²) in [5.74, 6) is -1.20. The molecule has 0 unspecified atom stereocenters. The molecule has 0 atom stereocenters. The largest absolute Gasteiger partial charge is 0.386 e. The predicted molar refractivity (Wildman–Crippen MR) is 113 cm³/mol. The molecular formula is C23H24FN3O2. The summed E-state index contributed by atoms with van der Waals surface area (Å²) in [6.45, 7) is 5.02. The van der Waals surface area contributed by atoms with Crippen molar-refractivity contribution < 1.29 is 14.3 Å². The van der Waals surface area contributed by atoms with Gasteiger partial charge in [-0.1, -0.05) is 54.6 Å². The number of carbonyl (C=O) groups is 1. The molecule has 0 aliphatic heterocycles. The van der Waals surface area contributed by atoms with Gasteiger partial charge in [-0.25, -0.2) is 4.68 Å². The summed E-state index contributed by atoms with van der Waals surface area (Å²) in [7, 11) is 1.46. The van der Waals surface area contributed by atoms with Gasteiger partial charge in [0.05, 0.1) is 11.3 Å². The Hall–Kier alpha value is -3.25. The second-order valence-corrected chi connectivity index (χ2v) is 7.48. The van der Waals surface area contributed by atoms with E-state index in [-0.39, 0.29) is 5.56 Å². The minimum atomic E-state index is -0.880. The monoisotopic (exact) mass is 393 g/mol. The van der Waals surface area contributed by atoms with Crippen LogP contribution < -0.4 is 5.32 Å². The van der Waals surface area contributed by atoms with Crippen LogP contribution in [0.1, 0.15) is 35.5 Å². The Morgan fingerprint density at radius 1 is 1.17 bits per heavy atom. The molecule has 0 saturated carbocycles. The van der Waals surface area contributed by atoms with Crippen LogP contribution in [-0.2, 0) is 7.05 Å². The molecular weight excluding hydrogens is 369 g/mol. The van der Waals surface area contributed by atoms with Gasteiger partial charge in [0.1, 0.15) is 5.56 Å². The third-order valence-electron chi connectivity index (χ3n) is 4.46. The first kappa shape index (κ1) is 20.5. The molecule has 1 heterocycles. The minimum absolute atomic E-state index is 0.0607. The maximum Gasteiger partial charge on any atom is 0.262 e. The quantitative estimate of drug-likeness (QED) is 0.667. The van der Waals surface area contributed by atoms with Crippen molar-refractivity contribution in [2.24, 2.45) is 7.05 Å². The number of anilines is 1. The standard InChI is InChI=1S/C23H24FN3O2/c1-15-20(21(24)27(4)26-15)22(28)25-19-8-6-5-7-18(19)17-11-9-16(10-12-17)13-14-23(2,3)29/h5-14,29H,1-4H3,(H,25,28). The van der Waals surface area contributed by atoms with E-state index in [1.807, 2.05) is 48.5 Å². The number of aliphatic hydroxyl groups is 1. The molecule has 3 aromatic rings. The number of carbonyl (C=O) groups excluding carboxylic acids is 1. The van der Waals surface area contributed by atoms with Gasteiger partial charge in [-0.3, -0.25) is 4.79 Å². The minimum Gasteiger partial charge on any atom is -0.386 e. The fraction of sp³-hybridized carbons (Fsp3) is 0.217. The van der Waals surface area contributed by atoms with Gasteiger partial charge in [0.25, 0.3) is 5.91 Å². The molecule has 2 aromatic carbocycles. The number of rotatable bonds is 5. The van der Waals surface area contributed by atoms with Crippen molar-refractivity contribution in [3.8, 4) is 11.1 Å². The average Bonchev–Trinajstić information content (AvgIpc) is 2.92. The number of amides is 1. The summed E-state index contributed by atoms with van der Waals surface area (Å²) in [4.78, 5) is 12.6. The number of nitrogens with one attached hydrogen (secondary N) is 1. The van der Waals surface area contributed by atoms with Crippen molar-refractivity contribution >= 4 is 17.7 Å². The molecule has 0 saturated heterocycles. The van der Waals surface area contributed by atoms with Crippen molar-refractivity contribution in [2.75, 3.05) is 5.32 Å². The molecule has 29 heavy (non-hydrogen) atoms. The average molecular weight is 393 g/mol. The first-order valence-corrected chi connectivity index (χ1v) is 9.27. The van der Waals surface area contributed by atoms with Crippen LogP contribution in [0.15, 0.2) is 54.6 Å². The van der Waals surface area contributed by atoms with Gasteiger partial charge in [-0.15, -0.1) is 0 Å². The zero-order valence-electron chi connectivity index (χ0n) is 16.9. The summed E-state index contributed by atoms with van der Waals surface area (Å²) >= 11 is 0. The predicted octanol–water partition coefficient (Wildman–Crippen LogP) is 4.57. The maximum absolute atomic E-state index is 14.2. The molecule has 150 valence electrons. The van der Waals surface area contributed by atoms with Crippen LogP contribution in [0.3, 0.4) is 0 Å². The van der Waals surface area contributed by atoms with Crippen molar-refractivity contribution in [3.05, 3.63) is 77.4 Å². The molecule has 0 bridgehead atoms. The Kier molecular flexibility index (Phi) is 5.66. The first-order valence-electron chi connectivity index (χ1n) is 9.27. The van der Waals surface area contributed by atoms with E-state index in [1.54, 1.807) is 32.9 Å². The molecule has 2 N–H and O–H groups in total. The van der Waals surface area contributed by atoms with Crippen molar-refractivity contribution in [3.63, 3.8) is 0 Å². The Morgan fingerprint density at radius 2 is 1.83 bits per heavy atom. The number of aromatic nitrogens is 2. The molecule has 5 nitrogen and oxygen atoms in total. The fourth-order valence-corrected chi connectivity index (χ4v) is 2.99. The van der Waals surface area contributed by atoms with Gasteiger partial charge in [-0.2, -0.15) is 9.49 Å². The highest BCUT2D eigenvalue weighted by atomic mass is 19.1. The number of benzene rings is 2. The highest BCUT2D eigenvalue weighted by molar-refractivity contribution is 6.07. The van der Waals surface area contributed by atoms with Gasteiger partial charge in [0, 0.05) is 18.3 Å². The summed E-state index contributed by atoms with van der Waals surface area (Å²) in [5, 5.41) is 16.6. The smallest absolute Gasteiger partial charge is 0.262 e. The summed E-state index contributed by atoms with van der Waals surface area (Å²) in [5.41, 5.74) is 2.66. The fourth-order valence-electron chi connectivity index (χ4n) is 2.99. The zero-order valence-corrected chi connectivity index (χ0v) is 16.9. The van der Waals surface area contributed by atoms with E-state index in [0.29, 0.717) is 11.4 Å². The molecule has 0 spiro atoms. The van der Waals surface area contributed by atoms with Crippen LogP contribution in [0, 0.1) is 12.9 Å². The highest BCUT2D eigenvalue weighted by Gasteiger charge is 2.21. The van der Waals surface area contributed by atoms with Gasteiger partial charge in [0.2, 0.25) is 5.95 Å². The second kappa shape index (κ2) is 8.01. The van der Waals surface area contributed by atoms with Gasteiger partial charge in [-0.05, 0) is 38.0 Å². The van der Waals surface area contributed by atoms with Crippen LogP contribution in [0.4, 0.5) is 10.1 Å². The maximum atomic E-state index is 14.2. The third-order valence-corrected chi connectivity index (χ3v) is 4.46. The van der Waals surface area contributed by atoms with E-state index in [1.165, 1.54) is 7.05 Å². The molecule has 0 fully saturated rings. The lowest BCUT2D eigenvalue weighted by molar-refractivity contribution is 0.102.